The third-order valence-electron chi connectivity index (χ3n) is 3.07. The molecule has 2 aromatic rings. The first-order chi connectivity index (χ1) is 10.9. The summed E-state index contributed by atoms with van der Waals surface area (Å²) in [6.45, 7) is 6.53. The maximum absolute atomic E-state index is 11.9. The van der Waals surface area contributed by atoms with Crippen molar-refractivity contribution in [2.75, 3.05) is 5.75 Å². The second-order valence-corrected chi connectivity index (χ2v) is 7.48. The van der Waals surface area contributed by atoms with Crippen molar-refractivity contribution in [3.05, 3.63) is 34.9 Å². The number of carbonyl (C=O) groups excluding carboxylic acids is 1. The minimum atomic E-state index is -0.182. The number of amides is 1. The Hall–Kier alpha value is -1.60. The van der Waals surface area contributed by atoms with Crippen LogP contribution in [0.5, 0.6) is 0 Å². The van der Waals surface area contributed by atoms with E-state index in [1.807, 2.05) is 45.0 Å². The van der Waals surface area contributed by atoms with Gasteiger partial charge in [0.1, 0.15) is 0 Å². The van der Waals surface area contributed by atoms with Crippen LogP contribution in [0.3, 0.4) is 0 Å². The lowest BCUT2D eigenvalue weighted by molar-refractivity contribution is -0.120. The number of rotatable bonds is 6. The molecule has 1 amide bonds. The van der Waals surface area contributed by atoms with E-state index in [1.54, 1.807) is 4.68 Å². The van der Waals surface area contributed by atoms with Crippen LogP contribution in [0.4, 0.5) is 0 Å². The second-order valence-electron chi connectivity index (χ2n) is 6.01. The summed E-state index contributed by atoms with van der Waals surface area (Å²) in [7, 11) is 0. The van der Waals surface area contributed by atoms with Crippen molar-refractivity contribution in [1.82, 2.24) is 25.5 Å². The number of nitrogens with one attached hydrogen (secondary N) is 1. The maximum Gasteiger partial charge on any atom is 0.221 e. The van der Waals surface area contributed by atoms with E-state index in [9.17, 15) is 4.79 Å². The lowest BCUT2D eigenvalue weighted by Crippen LogP contribution is -2.25. The van der Waals surface area contributed by atoms with E-state index < -0.39 is 0 Å². The van der Waals surface area contributed by atoms with Gasteiger partial charge in [0.2, 0.25) is 11.1 Å². The first-order valence-corrected chi connectivity index (χ1v) is 8.66. The topological polar surface area (TPSA) is 72.7 Å². The highest BCUT2D eigenvalue weighted by molar-refractivity contribution is 7.99. The van der Waals surface area contributed by atoms with E-state index in [0.717, 1.165) is 10.7 Å². The van der Waals surface area contributed by atoms with Crippen LogP contribution in [0.2, 0.25) is 5.02 Å². The summed E-state index contributed by atoms with van der Waals surface area (Å²) >= 11 is 7.53. The van der Waals surface area contributed by atoms with E-state index in [0.29, 0.717) is 23.7 Å². The lowest BCUT2D eigenvalue weighted by atomic mass is 10.1. The van der Waals surface area contributed by atoms with Gasteiger partial charge in [0.25, 0.3) is 0 Å². The fourth-order valence-corrected chi connectivity index (χ4v) is 3.05. The molecule has 1 aromatic heterocycles. The van der Waals surface area contributed by atoms with Crippen molar-refractivity contribution in [2.24, 2.45) is 0 Å². The maximum atomic E-state index is 11.9. The van der Waals surface area contributed by atoms with Gasteiger partial charge in [-0.3, -0.25) is 4.79 Å². The zero-order valence-electron chi connectivity index (χ0n) is 13.4. The minimum absolute atomic E-state index is 0.0211. The molecule has 0 aliphatic heterocycles. The molecule has 0 saturated heterocycles. The van der Waals surface area contributed by atoms with Crippen molar-refractivity contribution in [3.8, 4) is 0 Å². The van der Waals surface area contributed by atoms with Gasteiger partial charge in [0, 0.05) is 23.7 Å². The summed E-state index contributed by atoms with van der Waals surface area (Å²) in [4.78, 5) is 11.9. The first kappa shape index (κ1) is 17.7. The van der Waals surface area contributed by atoms with Gasteiger partial charge >= 0.3 is 0 Å². The molecule has 0 aliphatic rings. The molecule has 1 heterocycles. The lowest BCUT2D eigenvalue weighted by Gasteiger charge is -2.19. The van der Waals surface area contributed by atoms with E-state index in [4.69, 9.17) is 11.6 Å². The molecule has 8 heteroatoms. The van der Waals surface area contributed by atoms with Crippen molar-refractivity contribution in [1.29, 1.82) is 0 Å². The molecule has 0 bridgehead atoms. The molecule has 0 saturated carbocycles. The summed E-state index contributed by atoms with van der Waals surface area (Å²) in [5, 5.41) is 15.9. The van der Waals surface area contributed by atoms with Crippen LogP contribution in [0, 0.1) is 0 Å². The van der Waals surface area contributed by atoms with Crippen molar-refractivity contribution >= 4 is 29.3 Å². The van der Waals surface area contributed by atoms with Crippen LogP contribution in [0.25, 0.3) is 0 Å². The Morgan fingerprint density at radius 1 is 1.35 bits per heavy atom. The molecule has 0 atom stereocenters. The Labute approximate surface area is 145 Å². The SMILES string of the molecule is CC(C)(C)n1nnnc1SCCC(=O)NCc1ccccc1Cl. The highest BCUT2D eigenvalue weighted by Crippen LogP contribution is 2.21. The summed E-state index contributed by atoms with van der Waals surface area (Å²) in [5.74, 6) is 0.595. The first-order valence-electron chi connectivity index (χ1n) is 7.29. The van der Waals surface area contributed by atoms with Gasteiger partial charge in [-0.2, -0.15) is 0 Å². The third kappa shape index (κ3) is 5.21. The van der Waals surface area contributed by atoms with Gasteiger partial charge < -0.3 is 5.32 Å². The zero-order valence-corrected chi connectivity index (χ0v) is 15.0. The fraction of sp³-hybridized carbons (Fsp3) is 0.467. The van der Waals surface area contributed by atoms with Crippen LogP contribution in [-0.4, -0.2) is 31.9 Å². The fourth-order valence-electron chi connectivity index (χ4n) is 1.85. The molecular formula is C15H20ClN5OS. The highest BCUT2D eigenvalue weighted by atomic mass is 35.5. The normalized spacial score (nSPS) is 11.5. The largest absolute Gasteiger partial charge is 0.352 e. The molecule has 0 fully saturated rings. The number of carbonyl (C=O) groups is 1. The Morgan fingerprint density at radius 2 is 2.09 bits per heavy atom. The predicted molar refractivity (Wildman–Crippen MR) is 91.5 cm³/mol. The van der Waals surface area contributed by atoms with Crippen LogP contribution >= 0.6 is 23.4 Å². The number of tetrazole rings is 1. The number of nitrogens with zero attached hydrogens (tertiary/aromatic N) is 4. The van der Waals surface area contributed by atoms with Gasteiger partial charge in [-0.15, -0.1) is 5.10 Å². The summed E-state index contributed by atoms with van der Waals surface area (Å²) in [6.07, 6.45) is 0.395. The number of halogens is 1. The van der Waals surface area contributed by atoms with Crippen molar-refractivity contribution < 1.29 is 4.79 Å². The average Bonchev–Trinajstić information content (AvgIpc) is 2.95. The Bertz CT molecular complexity index is 668. The Balaban J connectivity index is 1.78. The van der Waals surface area contributed by atoms with E-state index >= 15 is 0 Å². The second kappa shape index (κ2) is 7.79. The van der Waals surface area contributed by atoms with Crippen LogP contribution in [-0.2, 0) is 16.9 Å². The number of hydrogen-bond donors (Lipinski definition) is 1. The molecular weight excluding hydrogens is 334 g/mol. The van der Waals surface area contributed by atoms with Gasteiger partial charge in [-0.1, -0.05) is 41.6 Å². The Kier molecular flexibility index (Phi) is 6.01. The van der Waals surface area contributed by atoms with Gasteiger partial charge in [-0.25, -0.2) is 4.68 Å². The summed E-state index contributed by atoms with van der Waals surface area (Å²) in [6, 6.07) is 7.47. The van der Waals surface area contributed by atoms with Crippen LogP contribution in [0.1, 0.15) is 32.8 Å². The van der Waals surface area contributed by atoms with Gasteiger partial charge in [0.15, 0.2) is 0 Å². The quantitative estimate of drug-likeness (QED) is 0.808. The van der Waals surface area contributed by atoms with E-state index in [-0.39, 0.29) is 11.4 Å². The molecule has 0 radical (unpaired) electrons. The summed E-state index contributed by atoms with van der Waals surface area (Å²) in [5.41, 5.74) is 0.727. The molecule has 2 rings (SSSR count). The molecule has 0 unspecified atom stereocenters. The van der Waals surface area contributed by atoms with Crippen LogP contribution < -0.4 is 5.32 Å². The number of hydrogen-bond acceptors (Lipinski definition) is 5. The number of aromatic nitrogens is 4. The van der Waals surface area contributed by atoms with Crippen molar-refractivity contribution in [2.45, 2.75) is 44.4 Å². The highest BCUT2D eigenvalue weighted by Gasteiger charge is 2.19. The van der Waals surface area contributed by atoms with E-state index in [1.165, 1.54) is 11.8 Å². The number of benzene rings is 1. The minimum Gasteiger partial charge on any atom is -0.352 e. The Morgan fingerprint density at radius 3 is 2.78 bits per heavy atom. The molecule has 1 aromatic carbocycles. The molecule has 23 heavy (non-hydrogen) atoms. The number of thioether (sulfide) groups is 1. The molecule has 6 nitrogen and oxygen atoms in total. The van der Waals surface area contributed by atoms with E-state index in [2.05, 4.69) is 20.8 Å². The average molecular weight is 354 g/mol. The van der Waals surface area contributed by atoms with Gasteiger partial charge in [0.05, 0.1) is 5.54 Å². The third-order valence-corrected chi connectivity index (χ3v) is 4.36. The molecule has 0 spiro atoms. The molecule has 124 valence electrons. The zero-order chi connectivity index (χ0) is 16.9. The summed E-state index contributed by atoms with van der Waals surface area (Å²) < 4.78 is 1.76. The predicted octanol–water partition coefficient (Wildman–Crippen LogP) is 2.88. The molecule has 0 aliphatic carbocycles. The molecule has 1 N–H and O–H groups in total. The smallest absolute Gasteiger partial charge is 0.221 e. The standard InChI is InChI=1S/C15H20ClN5OS/c1-15(2,3)21-14(18-19-20-21)23-9-8-13(22)17-10-11-6-4-5-7-12(11)16/h4-7H,8-10H2,1-3H3,(H,17,22). The van der Waals surface area contributed by atoms with Gasteiger partial charge in [-0.05, 0) is 42.8 Å². The monoisotopic (exact) mass is 353 g/mol. The van der Waals surface area contributed by atoms with Crippen LogP contribution in [0.15, 0.2) is 29.4 Å². The van der Waals surface area contributed by atoms with Crippen molar-refractivity contribution in [3.63, 3.8) is 0 Å².